The summed E-state index contributed by atoms with van der Waals surface area (Å²) >= 11 is 0. The fourth-order valence-corrected chi connectivity index (χ4v) is 2.53. The molecule has 1 fully saturated rings. The highest BCUT2D eigenvalue weighted by Crippen LogP contribution is 2.16. The Bertz CT molecular complexity index is 168. The summed E-state index contributed by atoms with van der Waals surface area (Å²) in [6.07, 6.45) is 9.62. The molecule has 0 spiro atoms. The highest BCUT2D eigenvalue weighted by atomic mass is 16.5. The average Bonchev–Trinajstić information content (AvgIpc) is 2.58. The van der Waals surface area contributed by atoms with Crippen LogP contribution >= 0.6 is 0 Å². The van der Waals surface area contributed by atoms with E-state index in [1.54, 1.807) is 7.11 Å². The highest BCUT2D eigenvalue weighted by Gasteiger charge is 2.11. The summed E-state index contributed by atoms with van der Waals surface area (Å²) in [4.78, 5) is 2.39. The van der Waals surface area contributed by atoms with Crippen molar-refractivity contribution >= 4 is 0 Å². The van der Waals surface area contributed by atoms with Gasteiger partial charge in [-0.2, -0.15) is 0 Å². The van der Waals surface area contributed by atoms with Gasteiger partial charge in [0, 0.05) is 39.4 Å². The van der Waals surface area contributed by atoms with Crippen molar-refractivity contribution in [2.24, 2.45) is 0 Å². The Morgan fingerprint density at radius 2 is 1.82 bits per heavy atom. The van der Waals surface area contributed by atoms with Crippen LogP contribution in [0.15, 0.2) is 0 Å². The molecule has 1 rings (SSSR count). The van der Waals surface area contributed by atoms with Crippen LogP contribution in [0.3, 0.4) is 0 Å². The van der Waals surface area contributed by atoms with Gasteiger partial charge >= 0.3 is 0 Å². The Morgan fingerprint density at radius 1 is 1.12 bits per heavy atom. The molecule has 0 aliphatic heterocycles. The summed E-state index contributed by atoms with van der Waals surface area (Å²) < 4.78 is 5.06. The molecule has 1 saturated carbocycles. The molecule has 0 aromatic rings. The topological polar surface area (TPSA) is 24.5 Å². The van der Waals surface area contributed by atoms with E-state index in [0.29, 0.717) is 0 Å². The first-order valence-electron chi connectivity index (χ1n) is 7.24. The van der Waals surface area contributed by atoms with Crippen LogP contribution in [-0.2, 0) is 4.74 Å². The van der Waals surface area contributed by atoms with Crippen molar-refractivity contribution in [3.05, 3.63) is 0 Å². The first-order chi connectivity index (χ1) is 8.33. The minimum atomic E-state index is 0.782. The molecule has 0 heterocycles. The van der Waals surface area contributed by atoms with Crippen LogP contribution < -0.4 is 5.32 Å². The summed E-state index contributed by atoms with van der Waals surface area (Å²) in [5.41, 5.74) is 0. The maximum absolute atomic E-state index is 5.06. The number of ether oxygens (including phenoxy) is 1. The monoisotopic (exact) mass is 242 g/mol. The number of rotatable bonds is 8. The van der Waals surface area contributed by atoms with Crippen molar-refractivity contribution in [1.82, 2.24) is 10.2 Å². The van der Waals surface area contributed by atoms with Crippen LogP contribution in [0.2, 0.25) is 0 Å². The molecule has 0 bridgehead atoms. The zero-order valence-electron chi connectivity index (χ0n) is 11.7. The molecule has 102 valence electrons. The number of likely N-dealkylation sites (N-methyl/N-ethyl adjacent to an activating group) is 1. The summed E-state index contributed by atoms with van der Waals surface area (Å²) in [7, 11) is 3.97. The molecule has 1 N–H and O–H groups in total. The molecular weight excluding hydrogens is 212 g/mol. The van der Waals surface area contributed by atoms with Gasteiger partial charge in [-0.15, -0.1) is 0 Å². The van der Waals surface area contributed by atoms with Gasteiger partial charge in [-0.1, -0.05) is 25.7 Å². The first kappa shape index (κ1) is 14.9. The van der Waals surface area contributed by atoms with Crippen LogP contribution in [0.1, 0.15) is 44.9 Å². The molecule has 3 heteroatoms. The molecule has 3 nitrogen and oxygen atoms in total. The fraction of sp³-hybridized carbons (Fsp3) is 1.00. The van der Waals surface area contributed by atoms with Crippen molar-refractivity contribution in [2.45, 2.75) is 51.0 Å². The zero-order chi connectivity index (χ0) is 12.3. The third-order valence-electron chi connectivity index (χ3n) is 3.67. The lowest BCUT2D eigenvalue weighted by Crippen LogP contribution is -2.36. The second kappa shape index (κ2) is 9.86. The van der Waals surface area contributed by atoms with Gasteiger partial charge in [0.1, 0.15) is 0 Å². The summed E-state index contributed by atoms with van der Waals surface area (Å²) in [6, 6.07) is 0.782. The van der Waals surface area contributed by atoms with Gasteiger partial charge in [-0.25, -0.2) is 0 Å². The van der Waals surface area contributed by atoms with Gasteiger partial charge < -0.3 is 15.0 Å². The Balaban J connectivity index is 1.97. The standard InChI is InChI=1S/C14H30N2O/c1-16(11-7-13-17-2)12-10-15-14-8-5-3-4-6-9-14/h14-15H,3-13H2,1-2H3. The zero-order valence-corrected chi connectivity index (χ0v) is 11.7. The van der Waals surface area contributed by atoms with Crippen molar-refractivity contribution in [3.63, 3.8) is 0 Å². The lowest BCUT2D eigenvalue weighted by atomic mass is 10.1. The number of nitrogens with one attached hydrogen (secondary N) is 1. The first-order valence-corrected chi connectivity index (χ1v) is 7.24. The molecule has 0 atom stereocenters. The van der Waals surface area contributed by atoms with Gasteiger partial charge in [0.05, 0.1) is 0 Å². The molecule has 0 saturated heterocycles. The third kappa shape index (κ3) is 7.74. The van der Waals surface area contributed by atoms with Crippen LogP contribution in [0.5, 0.6) is 0 Å². The summed E-state index contributed by atoms with van der Waals surface area (Å²) in [5, 5.41) is 3.71. The largest absolute Gasteiger partial charge is 0.385 e. The molecule has 1 aliphatic rings. The lowest BCUT2D eigenvalue weighted by molar-refractivity contribution is 0.179. The smallest absolute Gasteiger partial charge is 0.0474 e. The minimum Gasteiger partial charge on any atom is -0.385 e. The number of methoxy groups -OCH3 is 1. The van der Waals surface area contributed by atoms with Crippen LogP contribution in [0.4, 0.5) is 0 Å². The van der Waals surface area contributed by atoms with Gasteiger partial charge in [0.25, 0.3) is 0 Å². The molecule has 17 heavy (non-hydrogen) atoms. The second-order valence-corrected chi connectivity index (χ2v) is 5.29. The Labute approximate surface area is 107 Å². The van der Waals surface area contributed by atoms with E-state index in [1.807, 2.05) is 0 Å². The highest BCUT2D eigenvalue weighted by molar-refractivity contribution is 4.71. The molecule has 0 aromatic carbocycles. The maximum Gasteiger partial charge on any atom is 0.0474 e. The number of nitrogens with zero attached hydrogens (tertiary/aromatic N) is 1. The normalized spacial score (nSPS) is 18.5. The van der Waals surface area contributed by atoms with Crippen molar-refractivity contribution in [2.75, 3.05) is 40.4 Å². The SMILES string of the molecule is COCCCN(C)CCNC1CCCCCC1. The van der Waals surface area contributed by atoms with E-state index in [-0.39, 0.29) is 0 Å². The summed E-state index contributed by atoms with van der Waals surface area (Å²) in [5.74, 6) is 0. The predicted octanol–water partition coefficient (Wildman–Crippen LogP) is 2.27. The fourth-order valence-electron chi connectivity index (χ4n) is 2.53. The van der Waals surface area contributed by atoms with Crippen molar-refractivity contribution in [3.8, 4) is 0 Å². The van der Waals surface area contributed by atoms with E-state index in [1.165, 1.54) is 38.5 Å². The van der Waals surface area contributed by atoms with E-state index < -0.39 is 0 Å². The average molecular weight is 242 g/mol. The molecular formula is C14H30N2O. The van der Waals surface area contributed by atoms with E-state index in [0.717, 1.165) is 38.7 Å². The van der Waals surface area contributed by atoms with Gasteiger partial charge in [0.15, 0.2) is 0 Å². The molecule has 1 aliphatic carbocycles. The van der Waals surface area contributed by atoms with Gasteiger partial charge in [0.2, 0.25) is 0 Å². The quantitative estimate of drug-likeness (QED) is 0.522. The predicted molar refractivity (Wildman–Crippen MR) is 73.5 cm³/mol. The van der Waals surface area contributed by atoms with Gasteiger partial charge in [-0.05, 0) is 26.3 Å². The summed E-state index contributed by atoms with van der Waals surface area (Å²) in [6.45, 7) is 4.30. The van der Waals surface area contributed by atoms with E-state index in [9.17, 15) is 0 Å². The van der Waals surface area contributed by atoms with Crippen LogP contribution in [0, 0.1) is 0 Å². The molecule has 0 unspecified atom stereocenters. The Morgan fingerprint density at radius 3 is 2.47 bits per heavy atom. The molecule has 0 radical (unpaired) electrons. The van der Waals surface area contributed by atoms with E-state index in [2.05, 4.69) is 17.3 Å². The van der Waals surface area contributed by atoms with Crippen molar-refractivity contribution in [1.29, 1.82) is 0 Å². The number of hydrogen-bond donors (Lipinski definition) is 1. The maximum atomic E-state index is 5.06. The molecule has 0 amide bonds. The Kier molecular flexibility index (Phi) is 8.67. The third-order valence-corrected chi connectivity index (χ3v) is 3.67. The van der Waals surface area contributed by atoms with E-state index in [4.69, 9.17) is 4.74 Å². The van der Waals surface area contributed by atoms with Crippen molar-refractivity contribution < 1.29 is 4.74 Å². The van der Waals surface area contributed by atoms with Gasteiger partial charge in [-0.3, -0.25) is 0 Å². The number of hydrogen-bond acceptors (Lipinski definition) is 3. The van der Waals surface area contributed by atoms with E-state index >= 15 is 0 Å². The Hall–Kier alpha value is -0.120. The minimum absolute atomic E-state index is 0.782. The molecule has 0 aromatic heterocycles. The second-order valence-electron chi connectivity index (χ2n) is 5.29. The van der Waals surface area contributed by atoms with Crippen LogP contribution in [-0.4, -0.2) is 51.3 Å². The van der Waals surface area contributed by atoms with Crippen LogP contribution in [0.25, 0.3) is 0 Å². The lowest BCUT2D eigenvalue weighted by Gasteiger charge is -2.20.